The molecule has 0 atom stereocenters. The van der Waals surface area contributed by atoms with Crippen LogP contribution in [0.15, 0.2) is 41.4 Å². The number of benzene rings is 1. The molecule has 1 aromatic carbocycles. The first-order valence-corrected chi connectivity index (χ1v) is 7.75. The highest BCUT2D eigenvalue weighted by Crippen LogP contribution is 2.29. The molecule has 0 saturated carbocycles. The standard InChI is InChI=1S/C16H18N2O2S/c1-3-21-14-8-4-7-12(15(14)16(19)20)18-10-13-11(2)6-5-9-17-13/h4-9,18H,3,10H2,1-2H3,(H,19,20). The van der Waals surface area contributed by atoms with Gasteiger partial charge in [-0.3, -0.25) is 4.98 Å². The van der Waals surface area contributed by atoms with Crippen LogP contribution in [0.2, 0.25) is 0 Å². The second-order valence-electron chi connectivity index (χ2n) is 4.54. The highest BCUT2D eigenvalue weighted by atomic mass is 32.2. The van der Waals surface area contributed by atoms with Crippen molar-refractivity contribution < 1.29 is 9.90 Å². The Bertz CT molecular complexity index is 644. The Morgan fingerprint density at radius 3 is 2.81 bits per heavy atom. The number of aromatic nitrogens is 1. The molecule has 2 aromatic rings. The summed E-state index contributed by atoms with van der Waals surface area (Å²) >= 11 is 1.53. The van der Waals surface area contributed by atoms with E-state index in [-0.39, 0.29) is 0 Å². The quantitative estimate of drug-likeness (QED) is 0.794. The number of carbonyl (C=O) groups is 1. The summed E-state index contributed by atoms with van der Waals surface area (Å²) < 4.78 is 0. The highest BCUT2D eigenvalue weighted by Gasteiger charge is 2.15. The fourth-order valence-corrected chi connectivity index (χ4v) is 2.88. The van der Waals surface area contributed by atoms with E-state index in [4.69, 9.17) is 0 Å². The molecule has 1 heterocycles. The lowest BCUT2D eigenvalue weighted by molar-refractivity contribution is 0.0694. The number of aryl methyl sites for hydroxylation is 1. The van der Waals surface area contributed by atoms with Crippen LogP contribution in [0.3, 0.4) is 0 Å². The van der Waals surface area contributed by atoms with E-state index in [1.165, 1.54) is 11.8 Å². The van der Waals surface area contributed by atoms with Crippen LogP contribution in [-0.2, 0) is 6.54 Å². The van der Waals surface area contributed by atoms with E-state index in [0.29, 0.717) is 17.8 Å². The predicted octanol–water partition coefficient (Wildman–Crippen LogP) is 3.81. The van der Waals surface area contributed by atoms with Gasteiger partial charge in [-0.25, -0.2) is 4.79 Å². The van der Waals surface area contributed by atoms with Crippen molar-refractivity contribution in [2.45, 2.75) is 25.3 Å². The Morgan fingerprint density at radius 2 is 2.14 bits per heavy atom. The Balaban J connectivity index is 2.25. The van der Waals surface area contributed by atoms with Crippen LogP contribution in [0.25, 0.3) is 0 Å². The minimum Gasteiger partial charge on any atom is -0.478 e. The maximum Gasteiger partial charge on any atom is 0.338 e. The summed E-state index contributed by atoms with van der Waals surface area (Å²) in [6.07, 6.45) is 1.74. The molecule has 0 aliphatic rings. The van der Waals surface area contributed by atoms with Crippen LogP contribution >= 0.6 is 11.8 Å². The average Bonchev–Trinajstić information content (AvgIpc) is 2.46. The minimum atomic E-state index is -0.910. The van der Waals surface area contributed by atoms with Gasteiger partial charge in [0.25, 0.3) is 0 Å². The van der Waals surface area contributed by atoms with Gasteiger partial charge in [0.05, 0.1) is 23.5 Å². The normalized spacial score (nSPS) is 10.4. The van der Waals surface area contributed by atoms with Gasteiger partial charge in [0.15, 0.2) is 0 Å². The van der Waals surface area contributed by atoms with Crippen LogP contribution in [0.5, 0.6) is 0 Å². The molecule has 0 bridgehead atoms. The monoisotopic (exact) mass is 302 g/mol. The van der Waals surface area contributed by atoms with Crippen LogP contribution in [-0.4, -0.2) is 21.8 Å². The molecule has 21 heavy (non-hydrogen) atoms. The molecule has 0 amide bonds. The molecule has 110 valence electrons. The number of carboxylic acid groups (broad SMARTS) is 1. The summed E-state index contributed by atoms with van der Waals surface area (Å²) in [6.45, 7) is 4.51. The van der Waals surface area contributed by atoms with Gasteiger partial charge in [0.1, 0.15) is 0 Å². The minimum absolute atomic E-state index is 0.331. The molecule has 1 aromatic heterocycles. The molecule has 4 nitrogen and oxygen atoms in total. The summed E-state index contributed by atoms with van der Waals surface area (Å²) in [4.78, 5) is 16.6. The molecule has 0 saturated heterocycles. The van der Waals surface area contributed by atoms with Gasteiger partial charge in [0, 0.05) is 11.1 Å². The van der Waals surface area contributed by atoms with Crippen molar-refractivity contribution in [1.29, 1.82) is 0 Å². The van der Waals surface area contributed by atoms with Gasteiger partial charge in [0.2, 0.25) is 0 Å². The van der Waals surface area contributed by atoms with Gasteiger partial charge < -0.3 is 10.4 Å². The second-order valence-corrected chi connectivity index (χ2v) is 5.84. The number of anilines is 1. The fraction of sp³-hybridized carbons (Fsp3) is 0.250. The molecule has 0 aliphatic heterocycles. The molecular weight excluding hydrogens is 284 g/mol. The second kappa shape index (κ2) is 7.13. The summed E-state index contributed by atoms with van der Waals surface area (Å²) in [5, 5.41) is 12.6. The Morgan fingerprint density at radius 1 is 1.33 bits per heavy atom. The number of hydrogen-bond donors (Lipinski definition) is 2. The van der Waals surface area contributed by atoms with Crippen molar-refractivity contribution in [3.8, 4) is 0 Å². The van der Waals surface area contributed by atoms with Gasteiger partial charge in [-0.05, 0) is 36.4 Å². The maximum absolute atomic E-state index is 11.5. The van der Waals surface area contributed by atoms with Crippen molar-refractivity contribution >= 4 is 23.4 Å². The first-order valence-electron chi connectivity index (χ1n) is 6.77. The molecular formula is C16H18N2O2S. The zero-order valence-corrected chi connectivity index (χ0v) is 12.9. The van der Waals surface area contributed by atoms with Crippen molar-refractivity contribution in [3.63, 3.8) is 0 Å². The summed E-state index contributed by atoms with van der Waals surface area (Å²) in [7, 11) is 0. The largest absolute Gasteiger partial charge is 0.478 e. The van der Waals surface area contributed by atoms with Crippen LogP contribution in [0.4, 0.5) is 5.69 Å². The van der Waals surface area contributed by atoms with Crippen LogP contribution < -0.4 is 5.32 Å². The number of nitrogens with one attached hydrogen (secondary N) is 1. The Labute approximate surface area is 128 Å². The van der Waals surface area contributed by atoms with Gasteiger partial charge in [-0.1, -0.05) is 19.1 Å². The SMILES string of the molecule is CCSc1cccc(NCc2ncccc2C)c1C(=O)O. The number of pyridine rings is 1. The number of aromatic carboxylic acids is 1. The molecule has 0 aliphatic carbocycles. The van der Waals surface area contributed by atoms with Crippen LogP contribution in [0, 0.1) is 6.92 Å². The maximum atomic E-state index is 11.5. The van der Waals surface area contributed by atoms with Crippen molar-refractivity contribution in [2.24, 2.45) is 0 Å². The summed E-state index contributed by atoms with van der Waals surface area (Å²) in [5.74, 6) is -0.0740. The first-order chi connectivity index (χ1) is 10.1. The third-order valence-corrected chi connectivity index (χ3v) is 4.04. The van der Waals surface area contributed by atoms with Crippen LogP contribution in [0.1, 0.15) is 28.5 Å². The number of nitrogens with zero attached hydrogens (tertiary/aromatic N) is 1. The van der Waals surface area contributed by atoms with E-state index in [0.717, 1.165) is 21.9 Å². The molecule has 0 unspecified atom stereocenters. The lowest BCUT2D eigenvalue weighted by Crippen LogP contribution is -2.09. The Kier molecular flexibility index (Phi) is 5.22. The molecule has 0 radical (unpaired) electrons. The van der Waals surface area contributed by atoms with E-state index < -0.39 is 5.97 Å². The molecule has 2 rings (SSSR count). The summed E-state index contributed by atoms with van der Waals surface area (Å²) in [6, 6.07) is 9.39. The zero-order chi connectivity index (χ0) is 15.2. The van der Waals surface area contributed by atoms with Crippen molar-refractivity contribution in [3.05, 3.63) is 53.3 Å². The fourth-order valence-electron chi connectivity index (χ4n) is 2.06. The number of rotatable bonds is 6. The summed E-state index contributed by atoms with van der Waals surface area (Å²) in [5.41, 5.74) is 2.97. The molecule has 0 spiro atoms. The lowest BCUT2D eigenvalue weighted by atomic mass is 10.1. The Hall–Kier alpha value is -2.01. The third kappa shape index (κ3) is 3.76. The van der Waals surface area contributed by atoms with Crippen molar-refractivity contribution in [1.82, 2.24) is 4.98 Å². The molecule has 2 N–H and O–H groups in total. The highest BCUT2D eigenvalue weighted by molar-refractivity contribution is 7.99. The molecule has 5 heteroatoms. The van der Waals surface area contributed by atoms with Gasteiger partial charge >= 0.3 is 5.97 Å². The predicted molar refractivity (Wildman–Crippen MR) is 86.1 cm³/mol. The van der Waals surface area contributed by atoms with Gasteiger partial charge in [-0.15, -0.1) is 11.8 Å². The lowest BCUT2D eigenvalue weighted by Gasteiger charge is -2.13. The van der Waals surface area contributed by atoms with Crippen molar-refractivity contribution in [2.75, 3.05) is 11.1 Å². The topological polar surface area (TPSA) is 62.2 Å². The van der Waals surface area contributed by atoms with Gasteiger partial charge in [-0.2, -0.15) is 0 Å². The smallest absolute Gasteiger partial charge is 0.338 e. The number of hydrogen-bond acceptors (Lipinski definition) is 4. The number of carboxylic acids is 1. The van der Waals surface area contributed by atoms with E-state index >= 15 is 0 Å². The van der Waals surface area contributed by atoms with E-state index in [1.807, 2.05) is 38.1 Å². The van der Waals surface area contributed by atoms with E-state index in [1.54, 1.807) is 12.3 Å². The first kappa shape index (κ1) is 15.4. The van der Waals surface area contributed by atoms with E-state index in [2.05, 4.69) is 10.3 Å². The third-order valence-electron chi connectivity index (χ3n) is 3.10. The molecule has 0 fully saturated rings. The number of thioether (sulfide) groups is 1. The van der Waals surface area contributed by atoms with E-state index in [9.17, 15) is 9.90 Å². The zero-order valence-electron chi connectivity index (χ0n) is 12.1. The average molecular weight is 302 g/mol.